The number of benzene rings is 1. The van der Waals surface area contributed by atoms with Crippen molar-refractivity contribution in [1.29, 1.82) is 0 Å². The Kier molecular flexibility index (Phi) is 3.08. The number of aryl methyl sites for hydroxylation is 1. The van der Waals surface area contributed by atoms with Gasteiger partial charge in [-0.3, -0.25) is 0 Å². The molecule has 15 heavy (non-hydrogen) atoms. The molecule has 82 valence electrons. The van der Waals surface area contributed by atoms with Crippen LogP contribution in [0, 0.1) is 12.8 Å². The van der Waals surface area contributed by atoms with Gasteiger partial charge in [0.05, 0.1) is 6.04 Å². The van der Waals surface area contributed by atoms with Crippen molar-refractivity contribution in [2.75, 3.05) is 13.6 Å². The molecule has 1 aromatic rings. The third kappa shape index (κ3) is 2.06. The van der Waals surface area contributed by atoms with Crippen molar-refractivity contribution in [3.63, 3.8) is 0 Å². The summed E-state index contributed by atoms with van der Waals surface area (Å²) in [5.41, 5.74) is 6.39. The molecule has 1 N–H and O–H groups in total. The van der Waals surface area contributed by atoms with E-state index >= 15 is 0 Å². The van der Waals surface area contributed by atoms with E-state index in [-0.39, 0.29) is 0 Å². The average Bonchev–Trinajstić information content (AvgIpc) is 2.60. The van der Waals surface area contributed by atoms with Gasteiger partial charge in [-0.2, -0.15) is 0 Å². The molecule has 0 spiro atoms. The molecule has 0 saturated carbocycles. The van der Waals surface area contributed by atoms with E-state index in [1.165, 1.54) is 17.5 Å². The number of nitrogens with zero attached hydrogens (tertiary/aromatic N) is 1. The van der Waals surface area contributed by atoms with Gasteiger partial charge in [-0.05, 0) is 24.0 Å². The summed E-state index contributed by atoms with van der Waals surface area (Å²) in [6.45, 7) is 5.62. The minimum Gasteiger partial charge on any atom is -0.248 e. The summed E-state index contributed by atoms with van der Waals surface area (Å²) in [4.78, 5) is 0. The van der Waals surface area contributed by atoms with Crippen molar-refractivity contribution in [2.24, 2.45) is 5.92 Å². The summed E-state index contributed by atoms with van der Waals surface area (Å²) in [5.74, 6) is 0.732. The topological polar surface area (TPSA) is 15.3 Å². The molecular formula is C13H20N2. The largest absolute Gasteiger partial charge is 0.248 e. The molecule has 0 aliphatic carbocycles. The van der Waals surface area contributed by atoms with Crippen LogP contribution in [0.4, 0.5) is 0 Å². The first-order valence-electron chi connectivity index (χ1n) is 5.75. The lowest BCUT2D eigenvalue weighted by Crippen LogP contribution is -2.28. The Bertz CT molecular complexity index is 335. The van der Waals surface area contributed by atoms with E-state index in [0.29, 0.717) is 6.04 Å². The first-order chi connectivity index (χ1) is 7.22. The van der Waals surface area contributed by atoms with E-state index in [9.17, 15) is 0 Å². The predicted octanol–water partition coefficient (Wildman–Crippen LogP) is 2.51. The van der Waals surface area contributed by atoms with E-state index in [4.69, 9.17) is 0 Å². The van der Waals surface area contributed by atoms with Crippen molar-refractivity contribution >= 4 is 0 Å². The maximum Gasteiger partial charge on any atom is 0.0508 e. The fraction of sp³-hybridized carbons (Fsp3) is 0.538. The van der Waals surface area contributed by atoms with Crippen LogP contribution >= 0.6 is 0 Å². The minimum atomic E-state index is 0.501. The van der Waals surface area contributed by atoms with Crippen LogP contribution in [-0.2, 0) is 0 Å². The fourth-order valence-corrected chi connectivity index (χ4v) is 2.48. The molecule has 1 fully saturated rings. The first-order valence-corrected chi connectivity index (χ1v) is 5.75. The zero-order chi connectivity index (χ0) is 10.8. The standard InChI is InChI=1S/C13H20N2/c1-4-11-9-15(3)14-13(11)12-8-6-5-7-10(12)2/h5-8,11,13-14H,4,9H2,1-3H3. The van der Waals surface area contributed by atoms with E-state index in [2.05, 4.69) is 55.6 Å². The van der Waals surface area contributed by atoms with Crippen LogP contribution in [0.3, 0.4) is 0 Å². The Morgan fingerprint density at radius 2 is 2.13 bits per heavy atom. The highest BCUT2D eigenvalue weighted by atomic mass is 15.5. The molecule has 2 rings (SSSR count). The Morgan fingerprint density at radius 3 is 2.80 bits per heavy atom. The molecule has 2 unspecified atom stereocenters. The Morgan fingerprint density at radius 1 is 1.40 bits per heavy atom. The van der Waals surface area contributed by atoms with Crippen molar-refractivity contribution < 1.29 is 0 Å². The molecule has 2 nitrogen and oxygen atoms in total. The first kappa shape index (κ1) is 10.7. The zero-order valence-corrected chi connectivity index (χ0v) is 9.83. The number of rotatable bonds is 2. The lowest BCUT2D eigenvalue weighted by atomic mass is 9.90. The second-order valence-electron chi connectivity index (χ2n) is 4.51. The summed E-state index contributed by atoms with van der Waals surface area (Å²) in [5, 5.41) is 2.21. The Balaban J connectivity index is 2.26. The molecule has 2 heteroatoms. The van der Waals surface area contributed by atoms with Crippen molar-refractivity contribution in [2.45, 2.75) is 26.3 Å². The van der Waals surface area contributed by atoms with Gasteiger partial charge in [0.15, 0.2) is 0 Å². The van der Waals surface area contributed by atoms with Gasteiger partial charge < -0.3 is 0 Å². The molecular weight excluding hydrogens is 184 g/mol. The summed E-state index contributed by atoms with van der Waals surface area (Å²) in [6.07, 6.45) is 1.23. The van der Waals surface area contributed by atoms with E-state index in [0.717, 1.165) is 12.5 Å². The zero-order valence-electron chi connectivity index (χ0n) is 9.83. The molecule has 2 atom stereocenters. The molecule has 0 radical (unpaired) electrons. The lowest BCUT2D eigenvalue weighted by Gasteiger charge is -2.19. The van der Waals surface area contributed by atoms with Gasteiger partial charge in [0.2, 0.25) is 0 Å². The number of hydrazine groups is 1. The lowest BCUT2D eigenvalue weighted by molar-refractivity contribution is 0.292. The monoisotopic (exact) mass is 204 g/mol. The van der Waals surface area contributed by atoms with Gasteiger partial charge in [-0.15, -0.1) is 0 Å². The average molecular weight is 204 g/mol. The molecule has 0 aromatic heterocycles. The van der Waals surface area contributed by atoms with Crippen molar-refractivity contribution in [3.05, 3.63) is 35.4 Å². The van der Waals surface area contributed by atoms with Crippen LogP contribution in [0.5, 0.6) is 0 Å². The summed E-state index contributed by atoms with van der Waals surface area (Å²) >= 11 is 0. The fourth-order valence-electron chi connectivity index (χ4n) is 2.48. The van der Waals surface area contributed by atoms with Crippen LogP contribution in [0.1, 0.15) is 30.5 Å². The maximum atomic E-state index is 3.55. The van der Waals surface area contributed by atoms with Gasteiger partial charge in [0, 0.05) is 13.6 Å². The minimum absolute atomic E-state index is 0.501. The van der Waals surface area contributed by atoms with E-state index in [1.807, 2.05) is 0 Å². The summed E-state index contributed by atoms with van der Waals surface area (Å²) in [6, 6.07) is 9.19. The quantitative estimate of drug-likeness (QED) is 0.796. The second kappa shape index (κ2) is 4.33. The van der Waals surface area contributed by atoms with Crippen LogP contribution in [-0.4, -0.2) is 18.6 Å². The van der Waals surface area contributed by atoms with Gasteiger partial charge in [-0.1, -0.05) is 37.6 Å². The Hall–Kier alpha value is -0.860. The highest BCUT2D eigenvalue weighted by Gasteiger charge is 2.30. The Labute approximate surface area is 92.3 Å². The van der Waals surface area contributed by atoms with Gasteiger partial charge >= 0.3 is 0 Å². The molecule has 0 amide bonds. The highest BCUT2D eigenvalue weighted by Crippen LogP contribution is 2.31. The maximum absolute atomic E-state index is 3.55. The van der Waals surface area contributed by atoms with Crippen LogP contribution in [0.15, 0.2) is 24.3 Å². The molecule has 1 saturated heterocycles. The molecule has 1 aliphatic rings. The van der Waals surface area contributed by atoms with E-state index < -0.39 is 0 Å². The number of nitrogens with one attached hydrogen (secondary N) is 1. The molecule has 0 bridgehead atoms. The van der Waals surface area contributed by atoms with Gasteiger partial charge in [0.25, 0.3) is 0 Å². The number of hydrogen-bond acceptors (Lipinski definition) is 2. The molecule has 1 aliphatic heterocycles. The van der Waals surface area contributed by atoms with Crippen LogP contribution in [0.2, 0.25) is 0 Å². The van der Waals surface area contributed by atoms with Crippen LogP contribution < -0.4 is 5.43 Å². The third-order valence-corrected chi connectivity index (χ3v) is 3.39. The summed E-state index contributed by atoms with van der Waals surface area (Å²) < 4.78 is 0. The van der Waals surface area contributed by atoms with Crippen LogP contribution in [0.25, 0.3) is 0 Å². The summed E-state index contributed by atoms with van der Waals surface area (Å²) in [7, 11) is 2.13. The number of hydrogen-bond donors (Lipinski definition) is 1. The molecule has 1 aromatic carbocycles. The van der Waals surface area contributed by atoms with E-state index in [1.54, 1.807) is 0 Å². The third-order valence-electron chi connectivity index (χ3n) is 3.39. The second-order valence-corrected chi connectivity index (χ2v) is 4.51. The SMILES string of the molecule is CCC1CN(C)NC1c1ccccc1C. The van der Waals surface area contributed by atoms with Gasteiger partial charge in [0.1, 0.15) is 0 Å². The smallest absolute Gasteiger partial charge is 0.0508 e. The van der Waals surface area contributed by atoms with Gasteiger partial charge in [-0.25, -0.2) is 10.4 Å². The van der Waals surface area contributed by atoms with Crippen molar-refractivity contribution in [1.82, 2.24) is 10.4 Å². The van der Waals surface area contributed by atoms with Crippen molar-refractivity contribution in [3.8, 4) is 0 Å². The molecule has 1 heterocycles. The predicted molar refractivity (Wildman–Crippen MR) is 63.5 cm³/mol. The highest BCUT2D eigenvalue weighted by molar-refractivity contribution is 5.29. The normalized spacial score (nSPS) is 27.1.